The van der Waals surface area contributed by atoms with Gasteiger partial charge in [-0.15, -0.1) is 0 Å². The van der Waals surface area contributed by atoms with Crippen LogP contribution in [0.5, 0.6) is 5.75 Å². The van der Waals surface area contributed by atoms with Gasteiger partial charge in [0.1, 0.15) is 17.5 Å². The first-order valence-electron chi connectivity index (χ1n) is 5.68. The van der Waals surface area contributed by atoms with Crippen LogP contribution in [0.1, 0.15) is 12.6 Å². The summed E-state index contributed by atoms with van der Waals surface area (Å²) in [5.41, 5.74) is 2.20. The summed E-state index contributed by atoms with van der Waals surface area (Å²) in [5, 5.41) is 11.8. The second kappa shape index (κ2) is 5.69. The minimum atomic E-state index is 0.409. The summed E-state index contributed by atoms with van der Waals surface area (Å²) >= 11 is 0. The van der Waals surface area contributed by atoms with Crippen LogP contribution in [-0.2, 0) is 0 Å². The molecule has 0 aliphatic heterocycles. The van der Waals surface area contributed by atoms with Gasteiger partial charge in [0, 0.05) is 5.69 Å². The lowest BCUT2D eigenvalue weighted by molar-refractivity contribution is 0.340. The van der Waals surface area contributed by atoms with Gasteiger partial charge in [0.25, 0.3) is 0 Å². The molecule has 0 atom stereocenters. The zero-order chi connectivity index (χ0) is 12.8. The molecule has 4 heteroatoms. The second-order valence-electron chi connectivity index (χ2n) is 3.63. The number of rotatable bonds is 4. The molecular weight excluding hydrogens is 226 g/mol. The van der Waals surface area contributed by atoms with Crippen LogP contribution in [0.25, 0.3) is 0 Å². The summed E-state index contributed by atoms with van der Waals surface area (Å²) in [5.74, 6) is 0.848. The molecular formula is C14H13N3O. The third kappa shape index (κ3) is 2.98. The van der Waals surface area contributed by atoms with E-state index in [0.717, 1.165) is 17.1 Å². The number of benzene rings is 1. The fraction of sp³-hybridized carbons (Fsp3) is 0.143. The third-order valence-corrected chi connectivity index (χ3v) is 2.33. The van der Waals surface area contributed by atoms with Crippen LogP contribution < -0.4 is 10.1 Å². The predicted octanol–water partition coefficient (Wildman–Crippen LogP) is 3.10. The maximum Gasteiger partial charge on any atom is 0.140 e. The summed E-state index contributed by atoms with van der Waals surface area (Å²) in [6, 6.07) is 13.2. The number of nitriles is 1. The van der Waals surface area contributed by atoms with E-state index in [1.807, 2.05) is 43.3 Å². The fourth-order valence-electron chi connectivity index (χ4n) is 1.50. The Kier molecular flexibility index (Phi) is 3.77. The number of pyridine rings is 1. The van der Waals surface area contributed by atoms with Crippen molar-refractivity contribution in [3.8, 4) is 11.8 Å². The maximum absolute atomic E-state index is 8.65. The largest absolute Gasteiger partial charge is 0.494 e. The van der Waals surface area contributed by atoms with Crippen molar-refractivity contribution < 1.29 is 4.74 Å². The first kappa shape index (κ1) is 11.9. The van der Waals surface area contributed by atoms with Crippen LogP contribution in [-0.4, -0.2) is 11.6 Å². The normalized spacial score (nSPS) is 9.56. The van der Waals surface area contributed by atoms with Crippen molar-refractivity contribution in [3.05, 3.63) is 48.3 Å². The lowest BCUT2D eigenvalue weighted by Gasteiger charge is -2.07. The molecule has 1 heterocycles. The minimum Gasteiger partial charge on any atom is -0.494 e. The van der Waals surface area contributed by atoms with Gasteiger partial charge in [-0.2, -0.15) is 5.26 Å². The average Bonchev–Trinajstić information content (AvgIpc) is 2.42. The van der Waals surface area contributed by atoms with Gasteiger partial charge >= 0.3 is 0 Å². The van der Waals surface area contributed by atoms with E-state index in [-0.39, 0.29) is 0 Å². The predicted molar refractivity (Wildman–Crippen MR) is 69.8 cm³/mol. The summed E-state index contributed by atoms with van der Waals surface area (Å²) < 4.78 is 5.37. The van der Waals surface area contributed by atoms with Gasteiger partial charge in [0.15, 0.2) is 0 Å². The fourth-order valence-corrected chi connectivity index (χ4v) is 1.50. The van der Waals surface area contributed by atoms with Crippen LogP contribution in [0.15, 0.2) is 42.6 Å². The molecule has 18 heavy (non-hydrogen) atoms. The third-order valence-electron chi connectivity index (χ3n) is 2.33. The molecule has 0 saturated carbocycles. The van der Waals surface area contributed by atoms with E-state index in [2.05, 4.69) is 10.3 Å². The molecule has 0 fully saturated rings. The zero-order valence-corrected chi connectivity index (χ0v) is 10.1. The van der Waals surface area contributed by atoms with E-state index in [1.165, 1.54) is 0 Å². The maximum atomic E-state index is 8.65. The van der Waals surface area contributed by atoms with E-state index in [1.54, 1.807) is 12.3 Å². The number of aromatic nitrogens is 1. The number of hydrogen-bond donors (Lipinski definition) is 1. The highest BCUT2D eigenvalue weighted by Crippen LogP contribution is 2.19. The molecule has 0 aliphatic carbocycles. The Morgan fingerprint density at radius 1 is 1.17 bits per heavy atom. The Labute approximate surface area is 106 Å². The van der Waals surface area contributed by atoms with Crippen molar-refractivity contribution in [2.24, 2.45) is 0 Å². The lowest BCUT2D eigenvalue weighted by Crippen LogP contribution is -1.94. The Bertz CT molecular complexity index is 541. The first-order chi connectivity index (χ1) is 8.81. The van der Waals surface area contributed by atoms with Crippen LogP contribution >= 0.6 is 0 Å². The van der Waals surface area contributed by atoms with Gasteiger partial charge in [-0.25, -0.2) is 4.98 Å². The van der Waals surface area contributed by atoms with E-state index >= 15 is 0 Å². The van der Waals surface area contributed by atoms with Gasteiger partial charge in [-0.3, -0.25) is 0 Å². The van der Waals surface area contributed by atoms with Gasteiger partial charge in [0.2, 0.25) is 0 Å². The molecule has 1 aromatic carbocycles. The van der Waals surface area contributed by atoms with Gasteiger partial charge < -0.3 is 10.1 Å². The molecule has 0 amide bonds. The minimum absolute atomic E-state index is 0.409. The highest BCUT2D eigenvalue weighted by Gasteiger charge is 1.97. The molecule has 0 saturated heterocycles. The Balaban J connectivity index is 2.06. The summed E-state index contributed by atoms with van der Waals surface area (Å²) in [6.07, 6.45) is 1.63. The number of anilines is 2. The average molecular weight is 239 g/mol. The topological polar surface area (TPSA) is 57.9 Å². The van der Waals surface area contributed by atoms with E-state index in [4.69, 9.17) is 10.00 Å². The van der Waals surface area contributed by atoms with Gasteiger partial charge in [-0.05, 0) is 43.3 Å². The lowest BCUT2D eigenvalue weighted by atomic mass is 10.3. The van der Waals surface area contributed by atoms with E-state index < -0.39 is 0 Å². The van der Waals surface area contributed by atoms with Crippen LogP contribution in [0.2, 0.25) is 0 Å². The smallest absolute Gasteiger partial charge is 0.140 e. The molecule has 0 bridgehead atoms. The Hall–Kier alpha value is -2.54. The summed E-state index contributed by atoms with van der Waals surface area (Å²) in [6.45, 7) is 2.61. The van der Waals surface area contributed by atoms with Crippen LogP contribution in [0.4, 0.5) is 11.4 Å². The first-order valence-corrected chi connectivity index (χ1v) is 5.68. The molecule has 0 spiro atoms. The molecule has 0 unspecified atom stereocenters. The number of ether oxygens (including phenoxy) is 1. The summed E-state index contributed by atoms with van der Waals surface area (Å²) in [7, 11) is 0. The van der Waals surface area contributed by atoms with Crippen molar-refractivity contribution in [3.63, 3.8) is 0 Å². The SMILES string of the molecule is CCOc1ccc(Nc2ccc(C#N)nc2)cc1. The Morgan fingerprint density at radius 3 is 2.44 bits per heavy atom. The van der Waals surface area contributed by atoms with Crippen LogP contribution in [0, 0.1) is 11.3 Å². The van der Waals surface area contributed by atoms with Crippen LogP contribution in [0.3, 0.4) is 0 Å². The standard InChI is InChI=1S/C14H13N3O/c1-2-18-14-7-5-11(6-8-14)17-13-4-3-12(9-15)16-10-13/h3-8,10,17H,2H2,1H3. The van der Waals surface area contributed by atoms with Crippen molar-refractivity contribution in [2.45, 2.75) is 6.92 Å². The second-order valence-corrected chi connectivity index (χ2v) is 3.63. The Morgan fingerprint density at radius 2 is 1.89 bits per heavy atom. The molecule has 0 aliphatic rings. The molecule has 2 aromatic rings. The number of hydrogen-bond acceptors (Lipinski definition) is 4. The van der Waals surface area contributed by atoms with Crippen molar-refractivity contribution in [2.75, 3.05) is 11.9 Å². The molecule has 4 nitrogen and oxygen atoms in total. The van der Waals surface area contributed by atoms with Crippen molar-refractivity contribution in [1.29, 1.82) is 5.26 Å². The van der Waals surface area contributed by atoms with Gasteiger partial charge in [0.05, 0.1) is 18.5 Å². The molecule has 90 valence electrons. The van der Waals surface area contributed by atoms with Gasteiger partial charge in [-0.1, -0.05) is 0 Å². The van der Waals surface area contributed by atoms with E-state index in [0.29, 0.717) is 12.3 Å². The summed E-state index contributed by atoms with van der Waals surface area (Å²) in [4.78, 5) is 3.99. The molecule has 1 aromatic heterocycles. The zero-order valence-electron chi connectivity index (χ0n) is 10.1. The molecule has 2 rings (SSSR count). The quantitative estimate of drug-likeness (QED) is 0.890. The highest BCUT2D eigenvalue weighted by molar-refractivity contribution is 5.59. The highest BCUT2D eigenvalue weighted by atomic mass is 16.5. The monoisotopic (exact) mass is 239 g/mol. The number of nitrogens with zero attached hydrogens (tertiary/aromatic N) is 2. The van der Waals surface area contributed by atoms with Crippen molar-refractivity contribution >= 4 is 11.4 Å². The molecule has 1 N–H and O–H groups in total. The number of nitrogens with one attached hydrogen (secondary N) is 1. The van der Waals surface area contributed by atoms with Crippen molar-refractivity contribution in [1.82, 2.24) is 4.98 Å². The van der Waals surface area contributed by atoms with E-state index in [9.17, 15) is 0 Å². The molecule has 0 radical (unpaired) electrons.